The fourth-order valence-electron chi connectivity index (χ4n) is 1.36. The molecule has 0 heterocycles. The van der Waals surface area contributed by atoms with Crippen LogP contribution >= 0.6 is 11.6 Å². The van der Waals surface area contributed by atoms with Gasteiger partial charge in [-0.15, -0.1) is 0 Å². The summed E-state index contributed by atoms with van der Waals surface area (Å²) in [5.74, 6) is 0. The first-order valence-corrected chi connectivity index (χ1v) is 6.72. The number of hydrogen-bond donors (Lipinski definition) is 1. The molecule has 4 nitrogen and oxygen atoms in total. The van der Waals surface area contributed by atoms with Crippen molar-refractivity contribution in [2.45, 2.75) is 11.8 Å². The number of nitrogens with two attached hydrogens (primary N) is 1. The molecule has 0 aliphatic rings. The van der Waals surface area contributed by atoms with Crippen molar-refractivity contribution in [2.24, 2.45) is 0 Å². The van der Waals surface area contributed by atoms with Crippen molar-refractivity contribution in [3.63, 3.8) is 0 Å². The predicted octanol–water partition coefficient (Wildman–Crippen LogP) is 2.12. The summed E-state index contributed by atoms with van der Waals surface area (Å²) in [4.78, 5) is 0.0529. The molecule has 94 valence electrons. The zero-order valence-corrected chi connectivity index (χ0v) is 11.3. The van der Waals surface area contributed by atoms with E-state index >= 15 is 0 Å². The SMILES string of the molecule is C=C(C)CN(C)S(=O)(=O)c1ccc(N)cc1Cl. The molecule has 0 saturated heterocycles. The van der Waals surface area contributed by atoms with Crippen molar-refractivity contribution < 1.29 is 8.42 Å². The largest absolute Gasteiger partial charge is 0.399 e. The van der Waals surface area contributed by atoms with Crippen LogP contribution in [0.2, 0.25) is 5.02 Å². The third-order valence-electron chi connectivity index (χ3n) is 2.14. The van der Waals surface area contributed by atoms with Gasteiger partial charge in [0.2, 0.25) is 10.0 Å². The highest BCUT2D eigenvalue weighted by Crippen LogP contribution is 2.26. The molecular weight excluding hydrogens is 260 g/mol. The van der Waals surface area contributed by atoms with Gasteiger partial charge in [0.25, 0.3) is 0 Å². The Hall–Kier alpha value is -1.04. The number of sulfonamides is 1. The van der Waals surface area contributed by atoms with E-state index in [1.165, 1.54) is 29.6 Å². The summed E-state index contributed by atoms with van der Waals surface area (Å²) in [6.45, 7) is 5.69. The van der Waals surface area contributed by atoms with E-state index in [1.54, 1.807) is 6.92 Å². The Kier molecular flexibility index (Phi) is 4.19. The Bertz CT molecular complexity index is 540. The van der Waals surface area contributed by atoms with Gasteiger partial charge in [0, 0.05) is 19.3 Å². The summed E-state index contributed by atoms with van der Waals surface area (Å²) in [6.07, 6.45) is 0. The average Bonchev–Trinajstić information content (AvgIpc) is 2.15. The second kappa shape index (κ2) is 5.08. The van der Waals surface area contributed by atoms with Gasteiger partial charge in [-0.2, -0.15) is 4.31 Å². The standard InChI is InChI=1S/C11H15ClN2O2S/c1-8(2)7-14(3)17(15,16)11-5-4-9(13)6-10(11)12/h4-6H,1,7,13H2,2-3H3. The first kappa shape index (κ1) is 14.0. The van der Waals surface area contributed by atoms with Crippen LogP contribution in [0.1, 0.15) is 6.92 Å². The second-order valence-electron chi connectivity index (χ2n) is 3.91. The molecule has 0 fully saturated rings. The summed E-state index contributed by atoms with van der Waals surface area (Å²) in [6, 6.07) is 4.33. The van der Waals surface area contributed by atoms with Crippen molar-refractivity contribution in [1.82, 2.24) is 4.31 Å². The van der Waals surface area contributed by atoms with Gasteiger partial charge < -0.3 is 5.73 Å². The highest BCUT2D eigenvalue weighted by molar-refractivity contribution is 7.89. The van der Waals surface area contributed by atoms with Gasteiger partial charge in [-0.1, -0.05) is 23.8 Å². The van der Waals surface area contributed by atoms with E-state index in [9.17, 15) is 8.42 Å². The van der Waals surface area contributed by atoms with Crippen molar-refractivity contribution in [3.8, 4) is 0 Å². The van der Waals surface area contributed by atoms with Crippen LogP contribution in [0.25, 0.3) is 0 Å². The van der Waals surface area contributed by atoms with Gasteiger partial charge in [0.05, 0.1) is 5.02 Å². The number of anilines is 1. The van der Waals surface area contributed by atoms with E-state index in [2.05, 4.69) is 6.58 Å². The van der Waals surface area contributed by atoms with Gasteiger partial charge in [-0.05, 0) is 25.1 Å². The lowest BCUT2D eigenvalue weighted by Gasteiger charge is -2.18. The van der Waals surface area contributed by atoms with Crippen LogP contribution in [0.3, 0.4) is 0 Å². The smallest absolute Gasteiger partial charge is 0.244 e. The lowest BCUT2D eigenvalue weighted by molar-refractivity contribution is 0.493. The Morgan fingerprint density at radius 2 is 2.12 bits per heavy atom. The van der Waals surface area contributed by atoms with E-state index in [0.717, 1.165) is 5.57 Å². The minimum absolute atomic E-state index is 0.0529. The molecule has 0 aliphatic carbocycles. The molecule has 1 aromatic rings. The summed E-state index contributed by atoms with van der Waals surface area (Å²) in [5.41, 5.74) is 6.70. The van der Waals surface area contributed by atoms with E-state index in [-0.39, 0.29) is 16.5 Å². The predicted molar refractivity (Wildman–Crippen MR) is 70.5 cm³/mol. The number of nitrogens with zero attached hydrogens (tertiary/aromatic N) is 1. The summed E-state index contributed by atoms with van der Waals surface area (Å²) >= 11 is 5.89. The van der Waals surface area contributed by atoms with Crippen LogP contribution in [0.15, 0.2) is 35.2 Å². The van der Waals surface area contributed by atoms with Crippen molar-refractivity contribution in [1.29, 1.82) is 0 Å². The molecule has 0 radical (unpaired) electrons. The van der Waals surface area contributed by atoms with Gasteiger partial charge in [0.15, 0.2) is 0 Å². The first-order chi connectivity index (χ1) is 7.75. The number of halogens is 1. The molecule has 1 rings (SSSR count). The third-order valence-corrected chi connectivity index (χ3v) is 4.42. The summed E-state index contributed by atoms with van der Waals surface area (Å²) in [7, 11) is -2.11. The van der Waals surface area contributed by atoms with Crippen LogP contribution in [0.5, 0.6) is 0 Å². The Balaban J connectivity index is 3.17. The molecular formula is C11H15ClN2O2S. The van der Waals surface area contributed by atoms with Gasteiger partial charge in [-0.25, -0.2) is 8.42 Å². The number of nitrogen functional groups attached to an aromatic ring is 1. The number of hydrogen-bond acceptors (Lipinski definition) is 3. The summed E-state index contributed by atoms with van der Waals surface area (Å²) in [5, 5.41) is 0.124. The molecule has 17 heavy (non-hydrogen) atoms. The van der Waals surface area contributed by atoms with E-state index in [1.807, 2.05) is 0 Å². The average molecular weight is 275 g/mol. The lowest BCUT2D eigenvalue weighted by Crippen LogP contribution is -2.28. The maximum absolute atomic E-state index is 12.2. The van der Waals surface area contributed by atoms with Crippen LogP contribution < -0.4 is 5.73 Å². The topological polar surface area (TPSA) is 63.4 Å². The lowest BCUT2D eigenvalue weighted by atomic mass is 10.3. The van der Waals surface area contributed by atoms with Gasteiger partial charge >= 0.3 is 0 Å². The second-order valence-corrected chi connectivity index (χ2v) is 6.33. The summed E-state index contributed by atoms with van der Waals surface area (Å²) < 4.78 is 25.5. The van der Waals surface area contributed by atoms with E-state index < -0.39 is 10.0 Å². The Morgan fingerprint density at radius 1 is 1.53 bits per heavy atom. The maximum atomic E-state index is 12.2. The third kappa shape index (κ3) is 3.21. The molecule has 0 bridgehead atoms. The molecule has 0 saturated carbocycles. The Labute approximate surface area is 107 Å². The van der Waals surface area contributed by atoms with Crippen molar-refractivity contribution >= 4 is 27.3 Å². The van der Waals surface area contributed by atoms with E-state index in [0.29, 0.717) is 5.69 Å². The molecule has 1 aromatic carbocycles. The van der Waals surface area contributed by atoms with Crippen molar-refractivity contribution in [3.05, 3.63) is 35.4 Å². The minimum atomic E-state index is -3.60. The molecule has 0 aromatic heterocycles. The quantitative estimate of drug-likeness (QED) is 0.676. The molecule has 0 unspecified atom stereocenters. The zero-order valence-electron chi connectivity index (χ0n) is 9.77. The van der Waals surface area contributed by atoms with Gasteiger partial charge in [-0.3, -0.25) is 0 Å². The maximum Gasteiger partial charge on any atom is 0.244 e. The molecule has 0 amide bonds. The van der Waals surface area contributed by atoms with Crippen molar-refractivity contribution in [2.75, 3.05) is 19.3 Å². The Morgan fingerprint density at radius 3 is 2.59 bits per heavy atom. The highest BCUT2D eigenvalue weighted by atomic mass is 35.5. The van der Waals surface area contributed by atoms with Crippen LogP contribution in [0, 0.1) is 0 Å². The molecule has 0 aliphatic heterocycles. The normalized spacial score (nSPS) is 11.8. The molecule has 6 heteroatoms. The molecule has 0 atom stereocenters. The van der Waals surface area contributed by atoms with E-state index in [4.69, 9.17) is 17.3 Å². The van der Waals surface area contributed by atoms with Crippen LogP contribution in [-0.2, 0) is 10.0 Å². The molecule has 2 N–H and O–H groups in total. The highest BCUT2D eigenvalue weighted by Gasteiger charge is 2.23. The number of rotatable bonds is 4. The molecule has 0 spiro atoms. The van der Waals surface area contributed by atoms with Gasteiger partial charge in [0.1, 0.15) is 4.90 Å². The number of likely N-dealkylation sites (N-methyl/N-ethyl adjacent to an activating group) is 1. The fourth-order valence-corrected chi connectivity index (χ4v) is 3.11. The van der Waals surface area contributed by atoms with Crippen LogP contribution in [0.4, 0.5) is 5.69 Å². The van der Waals surface area contributed by atoms with Crippen LogP contribution in [-0.4, -0.2) is 26.3 Å². The monoisotopic (exact) mass is 274 g/mol. The minimum Gasteiger partial charge on any atom is -0.399 e. The number of benzene rings is 1. The first-order valence-electron chi connectivity index (χ1n) is 4.91. The fraction of sp³-hybridized carbons (Fsp3) is 0.273. The zero-order chi connectivity index (χ0) is 13.2.